The highest BCUT2D eigenvalue weighted by Gasteiger charge is 2.74. The standard InChI is InChI=1S/C20H25NO5/c1-10-6-7-11-4-2-3-5-12(11)14(10)16(22)15-17-20(25)13(19(24)26-17)8-9-21(20)18(15)23/h6-7,10-15,17,25H,2-5,8-9H2,1H3/t10-,11-,12-,13+,14+,15-,17+,20-/m0/s1. The molecule has 0 spiro atoms. The summed E-state index contributed by atoms with van der Waals surface area (Å²) in [6.07, 6.45) is 8.10. The van der Waals surface area contributed by atoms with Gasteiger partial charge in [0.2, 0.25) is 5.91 Å². The van der Waals surface area contributed by atoms with Gasteiger partial charge in [-0.1, -0.05) is 31.9 Å². The summed E-state index contributed by atoms with van der Waals surface area (Å²) in [6, 6.07) is 0. The Morgan fingerprint density at radius 1 is 1.23 bits per heavy atom. The number of carbonyl (C=O) groups excluding carboxylic acids is 3. The number of amides is 1. The molecular weight excluding hydrogens is 334 g/mol. The molecule has 3 heterocycles. The number of fused-ring (bicyclic) bond motifs is 1. The maximum Gasteiger partial charge on any atom is 0.314 e. The number of ether oxygens (including phenoxy) is 1. The van der Waals surface area contributed by atoms with E-state index in [2.05, 4.69) is 12.2 Å². The molecule has 1 saturated carbocycles. The lowest BCUT2D eigenvalue weighted by Crippen LogP contribution is -2.48. The van der Waals surface area contributed by atoms with E-state index < -0.39 is 29.6 Å². The number of esters is 1. The summed E-state index contributed by atoms with van der Waals surface area (Å²) in [4.78, 5) is 40.0. The number of Topliss-reactive ketones (excluding diaryl/α,β-unsaturated/α-hetero) is 1. The first-order valence-corrected chi connectivity index (χ1v) is 9.91. The molecule has 5 rings (SSSR count). The molecule has 8 atom stereocenters. The van der Waals surface area contributed by atoms with Crippen molar-refractivity contribution in [3.63, 3.8) is 0 Å². The van der Waals surface area contributed by atoms with Crippen molar-refractivity contribution in [2.75, 3.05) is 6.54 Å². The molecule has 4 fully saturated rings. The van der Waals surface area contributed by atoms with Crippen LogP contribution < -0.4 is 0 Å². The maximum absolute atomic E-state index is 13.6. The van der Waals surface area contributed by atoms with Crippen molar-refractivity contribution >= 4 is 17.7 Å². The highest BCUT2D eigenvalue weighted by molar-refractivity contribution is 6.07. The summed E-state index contributed by atoms with van der Waals surface area (Å²) in [5.74, 6) is -2.24. The van der Waals surface area contributed by atoms with Crippen molar-refractivity contribution in [3.05, 3.63) is 12.2 Å². The third-order valence-corrected chi connectivity index (χ3v) is 7.57. The van der Waals surface area contributed by atoms with E-state index >= 15 is 0 Å². The number of allylic oxidation sites excluding steroid dienone is 2. The van der Waals surface area contributed by atoms with Crippen LogP contribution in [0, 0.1) is 35.5 Å². The normalized spacial score (nSPS) is 49.2. The lowest BCUT2D eigenvalue weighted by Gasteiger charge is -2.41. The van der Waals surface area contributed by atoms with Gasteiger partial charge in [-0.3, -0.25) is 14.4 Å². The largest absolute Gasteiger partial charge is 0.455 e. The van der Waals surface area contributed by atoms with E-state index in [4.69, 9.17) is 4.74 Å². The number of rotatable bonds is 2. The molecule has 0 radical (unpaired) electrons. The molecule has 6 heteroatoms. The van der Waals surface area contributed by atoms with Crippen LogP contribution in [0.5, 0.6) is 0 Å². The van der Waals surface area contributed by atoms with Crippen molar-refractivity contribution < 1.29 is 24.2 Å². The van der Waals surface area contributed by atoms with E-state index in [1.165, 1.54) is 11.3 Å². The van der Waals surface area contributed by atoms with Crippen LogP contribution in [0.15, 0.2) is 12.2 Å². The zero-order valence-electron chi connectivity index (χ0n) is 15.0. The predicted octanol–water partition coefficient (Wildman–Crippen LogP) is 1.28. The highest BCUT2D eigenvalue weighted by atomic mass is 16.6. The van der Waals surface area contributed by atoms with Gasteiger partial charge in [0.25, 0.3) is 0 Å². The van der Waals surface area contributed by atoms with E-state index in [1.54, 1.807) is 0 Å². The summed E-state index contributed by atoms with van der Waals surface area (Å²) in [5.41, 5.74) is -1.62. The van der Waals surface area contributed by atoms with Gasteiger partial charge in [0.1, 0.15) is 11.8 Å². The Morgan fingerprint density at radius 2 is 2.00 bits per heavy atom. The van der Waals surface area contributed by atoms with Gasteiger partial charge in [0.15, 0.2) is 17.6 Å². The van der Waals surface area contributed by atoms with E-state index in [0.717, 1.165) is 19.3 Å². The molecule has 1 amide bonds. The molecule has 5 aliphatic rings. The molecular formula is C20H25NO5. The number of hydrogen-bond acceptors (Lipinski definition) is 5. The minimum atomic E-state index is -1.62. The second-order valence-electron chi connectivity index (χ2n) is 8.73. The molecule has 3 aliphatic heterocycles. The topological polar surface area (TPSA) is 83.9 Å². The van der Waals surface area contributed by atoms with Crippen LogP contribution in [0.4, 0.5) is 0 Å². The number of hydrogen-bond donors (Lipinski definition) is 1. The first kappa shape index (κ1) is 16.5. The second-order valence-corrected chi connectivity index (χ2v) is 8.73. The number of nitrogens with zero attached hydrogens (tertiary/aromatic N) is 1. The van der Waals surface area contributed by atoms with Gasteiger partial charge in [-0.2, -0.15) is 0 Å². The van der Waals surface area contributed by atoms with Crippen LogP contribution in [0.2, 0.25) is 0 Å². The molecule has 0 bridgehead atoms. The Hall–Kier alpha value is -1.69. The lowest BCUT2D eigenvalue weighted by atomic mass is 9.62. The molecule has 3 saturated heterocycles. The molecule has 6 nitrogen and oxygen atoms in total. The minimum Gasteiger partial charge on any atom is -0.455 e. The lowest BCUT2D eigenvalue weighted by molar-refractivity contribution is -0.150. The van der Waals surface area contributed by atoms with Gasteiger partial charge in [0.05, 0.1) is 0 Å². The Kier molecular flexibility index (Phi) is 3.43. The Balaban J connectivity index is 1.50. The van der Waals surface area contributed by atoms with Gasteiger partial charge in [-0.25, -0.2) is 0 Å². The maximum atomic E-state index is 13.6. The third-order valence-electron chi connectivity index (χ3n) is 7.57. The van der Waals surface area contributed by atoms with Crippen LogP contribution in [0.25, 0.3) is 0 Å². The van der Waals surface area contributed by atoms with E-state index in [0.29, 0.717) is 18.9 Å². The van der Waals surface area contributed by atoms with E-state index in [-0.39, 0.29) is 29.4 Å². The number of aliphatic hydroxyl groups is 1. The first-order chi connectivity index (χ1) is 12.4. The van der Waals surface area contributed by atoms with Gasteiger partial charge >= 0.3 is 5.97 Å². The Labute approximate surface area is 152 Å². The zero-order valence-corrected chi connectivity index (χ0v) is 15.0. The van der Waals surface area contributed by atoms with E-state index in [1.807, 2.05) is 6.92 Å². The van der Waals surface area contributed by atoms with Crippen LogP contribution in [0.1, 0.15) is 39.0 Å². The van der Waals surface area contributed by atoms with Gasteiger partial charge in [-0.15, -0.1) is 0 Å². The summed E-state index contributed by atoms with van der Waals surface area (Å²) in [5, 5.41) is 11.1. The van der Waals surface area contributed by atoms with Crippen molar-refractivity contribution in [1.29, 1.82) is 0 Å². The average molecular weight is 359 g/mol. The van der Waals surface area contributed by atoms with Gasteiger partial charge in [-0.05, 0) is 37.0 Å². The van der Waals surface area contributed by atoms with Crippen molar-refractivity contribution in [1.82, 2.24) is 4.90 Å². The molecule has 0 aromatic rings. The Bertz CT molecular complexity index is 717. The quantitative estimate of drug-likeness (QED) is 0.456. The van der Waals surface area contributed by atoms with Crippen molar-refractivity contribution in [2.24, 2.45) is 35.5 Å². The fourth-order valence-corrected chi connectivity index (χ4v) is 6.32. The second kappa shape index (κ2) is 5.41. The molecule has 140 valence electrons. The van der Waals surface area contributed by atoms with Crippen LogP contribution in [-0.2, 0) is 19.1 Å². The van der Waals surface area contributed by atoms with Gasteiger partial charge < -0.3 is 14.7 Å². The van der Waals surface area contributed by atoms with Crippen molar-refractivity contribution in [3.8, 4) is 0 Å². The monoisotopic (exact) mass is 359 g/mol. The van der Waals surface area contributed by atoms with E-state index in [9.17, 15) is 19.5 Å². The smallest absolute Gasteiger partial charge is 0.314 e. The molecule has 0 aromatic carbocycles. The molecule has 0 aromatic heterocycles. The van der Waals surface area contributed by atoms with Crippen LogP contribution in [0.3, 0.4) is 0 Å². The zero-order chi connectivity index (χ0) is 18.2. The fraction of sp³-hybridized carbons (Fsp3) is 0.750. The number of carbonyl (C=O) groups is 3. The average Bonchev–Trinajstić information content (AvgIpc) is 3.17. The summed E-state index contributed by atoms with van der Waals surface area (Å²) >= 11 is 0. The summed E-state index contributed by atoms with van der Waals surface area (Å²) in [7, 11) is 0. The molecule has 1 N–H and O–H groups in total. The summed E-state index contributed by atoms with van der Waals surface area (Å²) in [6.45, 7) is 2.35. The molecule has 2 aliphatic carbocycles. The predicted molar refractivity (Wildman–Crippen MR) is 90.4 cm³/mol. The van der Waals surface area contributed by atoms with Crippen LogP contribution in [-0.4, -0.2) is 46.0 Å². The molecule has 0 unspecified atom stereocenters. The van der Waals surface area contributed by atoms with Gasteiger partial charge in [0, 0.05) is 12.5 Å². The summed E-state index contributed by atoms with van der Waals surface area (Å²) < 4.78 is 5.40. The highest BCUT2D eigenvalue weighted by Crippen LogP contribution is 2.53. The SMILES string of the molecule is C[C@H]1C=C[C@@H]2CCCC[C@@H]2[C@@H]1C(=O)[C@@H]1C(=O)N2CC[C@@H]3C(=O)O[C@H]1[C@@]32O. The Morgan fingerprint density at radius 3 is 2.81 bits per heavy atom. The van der Waals surface area contributed by atoms with Crippen molar-refractivity contribution in [2.45, 2.75) is 50.9 Å². The van der Waals surface area contributed by atoms with Crippen LogP contribution >= 0.6 is 0 Å². The minimum absolute atomic E-state index is 0.0626. The molecule has 26 heavy (non-hydrogen) atoms. The third kappa shape index (κ3) is 1.89. The first-order valence-electron chi connectivity index (χ1n) is 9.91. The fourth-order valence-electron chi connectivity index (χ4n) is 6.32. The number of ketones is 1.